The second-order valence-corrected chi connectivity index (χ2v) is 18.9. The summed E-state index contributed by atoms with van der Waals surface area (Å²) in [5, 5.41) is 0. The molecular weight excluding hydrogens is 769 g/mol. The van der Waals surface area contributed by atoms with Crippen LogP contribution >= 0.6 is 0 Å². The molecule has 0 aliphatic carbocycles. The molecule has 6 heteroatoms. The zero-order chi connectivity index (χ0) is 45.1. The molecule has 0 radical (unpaired) electrons. The molecule has 0 aromatic heterocycles. The number of ether oxygens (including phenoxy) is 3. The van der Waals surface area contributed by atoms with E-state index in [0.29, 0.717) is 19.3 Å². The monoisotopic (exact) mass is 875 g/mol. The molecule has 0 heterocycles. The van der Waals surface area contributed by atoms with Crippen LogP contribution in [0.1, 0.15) is 310 Å². The number of rotatable bonds is 51. The van der Waals surface area contributed by atoms with Gasteiger partial charge in [-0.3, -0.25) is 14.4 Å². The first-order valence-corrected chi connectivity index (χ1v) is 27.7. The van der Waals surface area contributed by atoms with Crippen molar-refractivity contribution in [3.8, 4) is 0 Å². The Morgan fingerprint density at radius 2 is 0.532 bits per heavy atom. The molecule has 0 aliphatic rings. The van der Waals surface area contributed by atoms with Crippen LogP contribution in [0.25, 0.3) is 0 Å². The van der Waals surface area contributed by atoms with E-state index in [1.165, 1.54) is 205 Å². The predicted octanol–water partition coefficient (Wildman–Crippen LogP) is 18.2. The van der Waals surface area contributed by atoms with Gasteiger partial charge < -0.3 is 14.2 Å². The highest BCUT2D eigenvalue weighted by Crippen LogP contribution is 2.17. The van der Waals surface area contributed by atoms with Crippen LogP contribution in [0.2, 0.25) is 0 Å². The van der Waals surface area contributed by atoms with Crippen LogP contribution in [0, 0.1) is 0 Å². The zero-order valence-corrected chi connectivity index (χ0v) is 41.9. The molecule has 0 rings (SSSR count). The van der Waals surface area contributed by atoms with Crippen LogP contribution in [0.5, 0.6) is 0 Å². The molecule has 0 fully saturated rings. The smallest absolute Gasteiger partial charge is 0.306 e. The zero-order valence-electron chi connectivity index (χ0n) is 41.9. The molecule has 0 N–H and O–H groups in total. The Morgan fingerprint density at radius 3 is 0.806 bits per heavy atom. The molecule has 0 saturated heterocycles. The van der Waals surface area contributed by atoms with Crippen LogP contribution in [0.3, 0.4) is 0 Å². The third kappa shape index (κ3) is 49.2. The quantitative estimate of drug-likeness (QED) is 0.0262. The molecule has 0 unspecified atom stereocenters. The van der Waals surface area contributed by atoms with Gasteiger partial charge in [-0.05, 0) is 44.9 Å². The lowest BCUT2D eigenvalue weighted by atomic mass is 10.0. The first-order chi connectivity index (χ1) is 30.5. The number of allylic oxidation sites excluding steroid dienone is 2. The number of hydrogen-bond acceptors (Lipinski definition) is 6. The van der Waals surface area contributed by atoms with Crippen LogP contribution in [0.15, 0.2) is 12.2 Å². The molecule has 366 valence electrons. The summed E-state index contributed by atoms with van der Waals surface area (Å²) in [6.07, 6.45) is 57.6. The lowest BCUT2D eigenvalue weighted by Crippen LogP contribution is -2.30. The maximum Gasteiger partial charge on any atom is 0.306 e. The maximum atomic E-state index is 12.8. The SMILES string of the molecule is CCCCCCC/C=C/CCCCCCCC(=O)O[C@H](COC(=O)CCCCCCCCCCCCCCCC)COC(=O)CCCCCCCCCCCCCCCCCC. The number of hydrogen-bond donors (Lipinski definition) is 0. The van der Waals surface area contributed by atoms with E-state index in [-0.39, 0.29) is 31.1 Å². The largest absolute Gasteiger partial charge is 0.462 e. The minimum atomic E-state index is -0.768. The van der Waals surface area contributed by atoms with Crippen molar-refractivity contribution in [3.05, 3.63) is 12.2 Å². The Hall–Kier alpha value is -1.85. The van der Waals surface area contributed by atoms with Gasteiger partial charge >= 0.3 is 17.9 Å². The summed E-state index contributed by atoms with van der Waals surface area (Å²) in [7, 11) is 0. The lowest BCUT2D eigenvalue weighted by Gasteiger charge is -2.18. The van der Waals surface area contributed by atoms with Gasteiger partial charge in [0.1, 0.15) is 13.2 Å². The topological polar surface area (TPSA) is 78.9 Å². The fourth-order valence-corrected chi connectivity index (χ4v) is 8.32. The number of unbranched alkanes of at least 4 members (excludes halogenated alkanes) is 38. The maximum absolute atomic E-state index is 12.8. The van der Waals surface area contributed by atoms with Crippen molar-refractivity contribution in [3.63, 3.8) is 0 Å². The Balaban J connectivity index is 4.32. The molecule has 0 amide bonds. The van der Waals surface area contributed by atoms with Crippen molar-refractivity contribution in [2.24, 2.45) is 0 Å². The van der Waals surface area contributed by atoms with Crippen LogP contribution in [0.4, 0.5) is 0 Å². The van der Waals surface area contributed by atoms with Gasteiger partial charge in [0.15, 0.2) is 6.10 Å². The number of carbonyl (C=O) groups is 3. The minimum Gasteiger partial charge on any atom is -0.462 e. The van der Waals surface area contributed by atoms with Crippen molar-refractivity contribution in [2.75, 3.05) is 13.2 Å². The van der Waals surface area contributed by atoms with Gasteiger partial charge in [0.2, 0.25) is 0 Å². The summed E-state index contributed by atoms with van der Waals surface area (Å²) < 4.78 is 16.8. The summed E-state index contributed by atoms with van der Waals surface area (Å²) in [5.41, 5.74) is 0. The van der Waals surface area contributed by atoms with E-state index in [1.54, 1.807) is 0 Å². The first kappa shape index (κ1) is 60.2. The van der Waals surface area contributed by atoms with Crippen molar-refractivity contribution >= 4 is 17.9 Å². The van der Waals surface area contributed by atoms with Crippen molar-refractivity contribution in [1.29, 1.82) is 0 Å². The summed E-state index contributed by atoms with van der Waals surface area (Å²) in [6.45, 7) is 6.67. The van der Waals surface area contributed by atoms with Crippen LogP contribution in [-0.2, 0) is 28.6 Å². The third-order valence-electron chi connectivity index (χ3n) is 12.5. The standard InChI is InChI=1S/C56H106O6/c1-4-7-10-13-16-19-22-25-28-29-32-34-37-40-43-46-49-55(58)61-52-53(62-56(59)50-47-44-41-38-35-31-27-24-21-18-15-12-9-6-3)51-60-54(57)48-45-42-39-36-33-30-26-23-20-17-14-11-8-5-2/h24,27,53H,4-23,25-26,28-52H2,1-3H3/b27-24+/t53-/m1/s1. The Morgan fingerprint density at radius 1 is 0.306 bits per heavy atom. The Labute approximate surface area is 386 Å². The van der Waals surface area contributed by atoms with Gasteiger partial charge in [-0.25, -0.2) is 0 Å². The second kappa shape index (κ2) is 51.8. The van der Waals surface area contributed by atoms with Gasteiger partial charge in [0, 0.05) is 19.3 Å². The fraction of sp³-hybridized carbons (Fsp3) is 0.911. The third-order valence-corrected chi connectivity index (χ3v) is 12.5. The van der Waals surface area contributed by atoms with Gasteiger partial charge in [-0.1, -0.05) is 258 Å². The number of esters is 3. The van der Waals surface area contributed by atoms with Gasteiger partial charge in [0.25, 0.3) is 0 Å². The summed E-state index contributed by atoms with van der Waals surface area (Å²) >= 11 is 0. The van der Waals surface area contributed by atoms with Crippen molar-refractivity contribution in [2.45, 2.75) is 316 Å². The van der Waals surface area contributed by atoms with Gasteiger partial charge in [-0.15, -0.1) is 0 Å². The molecule has 0 saturated carbocycles. The Kier molecular flexibility index (Phi) is 50.2. The fourth-order valence-electron chi connectivity index (χ4n) is 8.32. The Bertz CT molecular complexity index is 962. The lowest BCUT2D eigenvalue weighted by molar-refractivity contribution is -0.167. The van der Waals surface area contributed by atoms with Gasteiger partial charge in [0.05, 0.1) is 0 Å². The van der Waals surface area contributed by atoms with E-state index in [4.69, 9.17) is 14.2 Å². The van der Waals surface area contributed by atoms with Crippen molar-refractivity contribution < 1.29 is 28.6 Å². The molecule has 0 aliphatic heterocycles. The summed E-state index contributed by atoms with van der Waals surface area (Å²) in [6, 6.07) is 0. The number of carbonyl (C=O) groups excluding carboxylic acids is 3. The van der Waals surface area contributed by atoms with E-state index in [2.05, 4.69) is 32.9 Å². The average Bonchev–Trinajstić information content (AvgIpc) is 3.27. The molecule has 0 aromatic carbocycles. The van der Waals surface area contributed by atoms with E-state index in [9.17, 15) is 14.4 Å². The second-order valence-electron chi connectivity index (χ2n) is 18.9. The average molecular weight is 875 g/mol. The highest BCUT2D eigenvalue weighted by molar-refractivity contribution is 5.71. The van der Waals surface area contributed by atoms with Crippen molar-refractivity contribution in [1.82, 2.24) is 0 Å². The molecular formula is C56H106O6. The molecule has 62 heavy (non-hydrogen) atoms. The van der Waals surface area contributed by atoms with Crippen LogP contribution in [-0.4, -0.2) is 37.2 Å². The molecule has 0 aromatic rings. The molecule has 0 spiro atoms. The first-order valence-electron chi connectivity index (χ1n) is 27.7. The normalized spacial score (nSPS) is 12.0. The van der Waals surface area contributed by atoms with E-state index in [0.717, 1.165) is 64.2 Å². The minimum absolute atomic E-state index is 0.0676. The van der Waals surface area contributed by atoms with E-state index in [1.807, 2.05) is 0 Å². The highest BCUT2D eigenvalue weighted by Gasteiger charge is 2.19. The van der Waals surface area contributed by atoms with Crippen LogP contribution < -0.4 is 0 Å². The van der Waals surface area contributed by atoms with E-state index >= 15 is 0 Å². The van der Waals surface area contributed by atoms with E-state index < -0.39 is 6.10 Å². The highest BCUT2D eigenvalue weighted by atomic mass is 16.6. The predicted molar refractivity (Wildman–Crippen MR) is 266 cm³/mol. The summed E-state index contributed by atoms with van der Waals surface area (Å²) in [5.74, 6) is -0.855. The molecule has 0 bridgehead atoms. The summed E-state index contributed by atoms with van der Waals surface area (Å²) in [4.78, 5) is 38.0. The molecule has 1 atom stereocenters. The molecule has 6 nitrogen and oxygen atoms in total. The van der Waals surface area contributed by atoms with Gasteiger partial charge in [-0.2, -0.15) is 0 Å².